The van der Waals surface area contributed by atoms with Crippen LogP contribution in [0.2, 0.25) is 0 Å². The van der Waals surface area contributed by atoms with Crippen molar-refractivity contribution in [3.05, 3.63) is 12.4 Å². The van der Waals surface area contributed by atoms with Crippen LogP contribution in [0.15, 0.2) is 12.4 Å². The fourth-order valence-electron chi connectivity index (χ4n) is 3.00. The van der Waals surface area contributed by atoms with Crippen molar-refractivity contribution in [2.75, 3.05) is 24.5 Å². The van der Waals surface area contributed by atoms with Gasteiger partial charge in [-0.3, -0.25) is 4.98 Å². The van der Waals surface area contributed by atoms with Crippen LogP contribution in [0.25, 0.3) is 5.65 Å². The average Bonchev–Trinajstić information content (AvgIpc) is 2.96. The Morgan fingerprint density at radius 3 is 2.90 bits per heavy atom. The standard InChI is InChI=1S/C13H21N7/c1-3-15-10(2)11-4-6-19(7-5-11)13-9-14-8-12-16-17-18-20(12)13/h8-11,15H,3-7H2,1-2H3. The van der Waals surface area contributed by atoms with Gasteiger partial charge in [-0.15, -0.1) is 5.10 Å². The monoisotopic (exact) mass is 275 g/mol. The summed E-state index contributed by atoms with van der Waals surface area (Å²) in [6, 6.07) is 0.587. The van der Waals surface area contributed by atoms with Gasteiger partial charge >= 0.3 is 0 Å². The molecule has 0 spiro atoms. The second-order valence-electron chi connectivity index (χ2n) is 5.39. The highest BCUT2D eigenvalue weighted by atomic mass is 15.5. The highest BCUT2D eigenvalue weighted by Crippen LogP contribution is 2.24. The molecule has 1 unspecified atom stereocenters. The number of rotatable bonds is 4. The molecule has 1 aliphatic rings. The Morgan fingerprint density at radius 1 is 1.35 bits per heavy atom. The topological polar surface area (TPSA) is 71.2 Å². The van der Waals surface area contributed by atoms with Crippen molar-refractivity contribution in [2.45, 2.75) is 32.7 Å². The Kier molecular flexibility index (Phi) is 3.77. The second kappa shape index (κ2) is 5.70. The van der Waals surface area contributed by atoms with E-state index in [1.54, 1.807) is 10.7 Å². The summed E-state index contributed by atoms with van der Waals surface area (Å²) in [7, 11) is 0. The van der Waals surface area contributed by atoms with Gasteiger partial charge in [0.2, 0.25) is 0 Å². The zero-order valence-corrected chi connectivity index (χ0v) is 12.0. The van der Waals surface area contributed by atoms with Crippen LogP contribution in [0.5, 0.6) is 0 Å². The predicted octanol–water partition coefficient (Wildman–Crippen LogP) is 0.734. The molecule has 3 heterocycles. The first-order valence-corrected chi connectivity index (χ1v) is 7.30. The van der Waals surface area contributed by atoms with Crippen molar-refractivity contribution in [1.82, 2.24) is 30.3 Å². The summed E-state index contributed by atoms with van der Waals surface area (Å²) in [4.78, 5) is 6.55. The molecule has 0 bridgehead atoms. The number of piperidine rings is 1. The molecule has 0 saturated carbocycles. The quantitative estimate of drug-likeness (QED) is 0.887. The van der Waals surface area contributed by atoms with Crippen molar-refractivity contribution in [1.29, 1.82) is 0 Å². The molecule has 1 N–H and O–H groups in total. The summed E-state index contributed by atoms with van der Waals surface area (Å²) >= 11 is 0. The molecule has 0 aromatic carbocycles. The van der Waals surface area contributed by atoms with Gasteiger partial charge in [-0.1, -0.05) is 6.92 Å². The predicted molar refractivity (Wildman–Crippen MR) is 76.7 cm³/mol. The van der Waals surface area contributed by atoms with Crippen LogP contribution in [-0.2, 0) is 0 Å². The highest BCUT2D eigenvalue weighted by molar-refractivity contribution is 5.46. The zero-order valence-electron chi connectivity index (χ0n) is 12.0. The van der Waals surface area contributed by atoms with Crippen LogP contribution in [-0.4, -0.2) is 50.7 Å². The molecule has 7 nitrogen and oxygen atoms in total. The Morgan fingerprint density at radius 2 is 2.15 bits per heavy atom. The summed E-state index contributed by atoms with van der Waals surface area (Å²) in [5.74, 6) is 1.73. The van der Waals surface area contributed by atoms with Crippen molar-refractivity contribution in [3.8, 4) is 0 Å². The van der Waals surface area contributed by atoms with Crippen molar-refractivity contribution >= 4 is 11.5 Å². The van der Waals surface area contributed by atoms with E-state index in [2.05, 4.69) is 44.6 Å². The Hall–Kier alpha value is -1.76. The molecule has 0 aliphatic carbocycles. The number of nitrogens with one attached hydrogen (secondary N) is 1. The third kappa shape index (κ3) is 2.45. The number of fused-ring (bicyclic) bond motifs is 1. The van der Waals surface area contributed by atoms with Crippen LogP contribution >= 0.6 is 0 Å². The summed E-state index contributed by atoms with van der Waals surface area (Å²) in [6.45, 7) is 7.54. The largest absolute Gasteiger partial charge is 0.355 e. The van der Waals surface area contributed by atoms with E-state index >= 15 is 0 Å². The smallest absolute Gasteiger partial charge is 0.199 e. The maximum atomic E-state index is 4.23. The molecule has 3 rings (SSSR count). The molecule has 1 saturated heterocycles. The lowest BCUT2D eigenvalue weighted by molar-refractivity contribution is 0.313. The van der Waals surface area contributed by atoms with Gasteiger partial charge in [0.05, 0.1) is 12.4 Å². The minimum absolute atomic E-state index is 0.587. The van der Waals surface area contributed by atoms with Crippen LogP contribution < -0.4 is 10.2 Å². The van der Waals surface area contributed by atoms with Gasteiger partial charge in [-0.25, -0.2) is 0 Å². The average molecular weight is 275 g/mol. The highest BCUT2D eigenvalue weighted by Gasteiger charge is 2.24. The van der Waals surface area contributed by atoms with Crippen LogP contribution in [0.4, 0.5) is 5.82 Å². The second-order valence-corrected chi connectivity index (χ2v) is 5.39. The molecule has 1 atom stereocenters. The van der Waals surface area contributed by atoms with E-state index < -0.39 is 0 Å². The van der Waals surface area contributed by atoms with Gasteiger partial charge < -0.3 is 10.2 Å². The van der Waals surface area contributed by atoms with E-state index in [0.29, 0.717) is 11.7 Å². The summed E-state index contributed by atoms with van der Waals surface area (Å²) in [5.41, 5.74) is 0.700. The van der Waals surface area contributed by atoms with Crippen LogP contribution in [0.1, 0.15) is 26.7 Å². The normalized spacial score (nSPS) is 18.6. The first-order chi connectivity index (χ1) is 9.79. The molecule has 2 aromatic heterocycles. The minimum atomic E-state index is 0.587. The molecule has 7 heteroatoms. The number of anilines is 1. The maximum absolute atomic E-state index is 4.23. The van der Waals surface area contributed by atoms with Gasteiger partial charge in [0.1, 0.15) is 0 Å². The van der Waals surface area contributed by atoms with E-state index in [1.807, 2.05) is 6.20 Å². The number of tetrazole rings is 1. The lowest BCUT2D eigenvalue weighted by atomic mass is 9.90. The third-order valence-corrected chi connectivity index (χ3v) is 4.19. The van der Waals surface area contributed by atoms with Crippen molar-refractivity contribution < 1.29 is 0 Å². The van der Waals surface area contributed by atoms with Gasteiger partial charge in [-0.2, -0.15) is 4.52 Å². The Bertz CT molecular complexity index is 559. The fraction of sp³-hybridized carbons (Fsp3) is 0.692. The van der Waals surface area contributed by atoms with Gasteiger partial charge in [0, 0.05) is 19.1 Å². The number of nitrogens with zero attached hydrogens (tertiary/aromatic N) is 6. The number of hydrogen-bond acceptors (Lipinski definition) is 6. The lowest BCUT2D eigenvalue weighted by Crippen LogP contribution is -2.42. The molecule has 1 aliphatic heterocycles. The number of hydrogen-bond donors (Lipinski definition) is 1. The van der Waals surface area contributed by atoms with E-state index in [1.165, 1.54) is 12.8 Å². The zero-order chi connectivity index (χ0) is 13.9. The fourth-order valence-corrected chi connectivity index (χ4v) is 3.00. The van der Waals surface area contributed by atoms with Gasteiger partial charge in [0.15, 0.2) is 11.5 Å². The Labute approximate surface area is 118 Å². The summed E-state index contributed by atoms with van der Waals surface area (Å²) in [6.07, 6.45) is 5.90. The third-order valence-electron chi connectivity index (χ3n) is 4.19. The van der Waals surface area contributed by atoms with E-state index in [-0.39, 0.29) is 0 Å². The van der Waals surface area contributed by atoms with Crippen LogP contribution in [0.3, 0.4) is 0 Å². The molecule has 2 aromatic rings. The Balaban J connectivity index is 1.70. The van der Waals surface area contributed by atoms with E-state index in [0.717, 1.165) is 31.4 Å². The molecule has 0 radical (unpaired) electrons. The summed E-state index contributed by atoms with van der Waals surface area (Å²) < 4.78 is 1.76. The van der Waals surface area contributed by atoms with E-state index in [9.17, 15) is 0 Å². The van der Waals surface area contributed by atoms with E-state index in [4.69, 9.17) is 0 Å². The first-order valence-electron chi connectivity index (χ1n) is 7.30. The van der Waals surface area contributed by atoms with Gasteiger partial charge in [-0.05, 0) is 42.7 Å². The lowest BCUT2D eigenvalue weighted by Gasteiger charge is -2.35. The summed E-state index contributed by atoms with van der Waals surface area (Å²) in [5, 5.41) is 15.2. The van der Waals surface area contributed by atoms with Crippen LogP contribution in [0, 0.1) is 5.92 Å². The molecular formula is C13H21N7. The molecule has 1 fully saturated rings. The molecular weight excluding hydrogens is 254 g/mol. The minimum Gasteiger partial charge on any atom is -0.355 e. The van der Waals surface area contributed by atoms with Gasteiger partial charge in [0.25, 0.3) is 0 Å². The maximum Gasteiger partial charge on any atom is 0.199 e. The first kappa shape index (κ1) is 13.2. The number of aromatic nitrogens is 5. The molecule has 20 heavy (non-hydrogen) atoms. The SMILES string of the molecule is CCNC(C)C1CCN(c2cncc3nnnn23)CC1. The van der Waals surface area contributed by atoms with Crippen molar-refractivity contribution in [3.63, 3.8) is 0 Å². The molecule has 108 valence electrons. The molecule has 0 amide bonds. The van der Waals surface area contributed by atoms with Crippen molar-refractivity contribution in [2.24, 2.45) is 5.92 Å².